The number of carbonyl (C=O) groups is 1. The molecule has 0 saturated carbocycles. The lowest BCUT2D eigenvalue weighted by molar-refractivity contribution is 0.102. The lowest BCUT2D eigenvalue weighted by Gasteiger charge is -2.09. The molecular weight excluding hydrogens is 437 g/mol. The van der Waals surface area contributed by atoms with Crippen LogP contribution in [-0.2, 0) is 0 Å². The number of phenolic OH excluding ortho intramolecular Hbond substituents is 1. The largest absolute Gasteiger partial charge is 0.507 e. The number of hydrogen-bond donors (Lipinski definition) is 2. The molecule has 2 N–H and O–H groups in total. The highest BCUT2D eigenvalue weighted by molar-refractivity contribution is 14.1. The van der Waals surface area contributed by atoms with Crippen LogP contribution in [0, 0.1) is 3.57 Å². The molecule has 104 valence electrons. The number of benzene rings is 2. The van der Waals surface area contributed by atoms with Gasteiger partial charge in [0.15, 0.2) is 0 Å². The highest BCUT2D eigenvalue weighted by atomic mass is 127. The summed E-state index contributed by atoms with van der Waals surface area (Å²) in [5, 5.41) is 12.5. The summed E-state index contributed by atoms with van der Waals surface area (Å²) in [6, 6.07) is 10.1. The second kappa shape index (κ2) is 6.45. The van der Waals surface area contributed by atoms with Gasteiger partial charge in [0.25, 0.3) is 5.91 Å². The Morgan fingerprint density at radius 1 is 1.30 bits per heavy atom. The summed E-state index contributed by atoms with van der Waals surface area (Å²) >= 11 is 5.43. The van der Waals surface area contributed by atoms with E-state index in [9.17, 15) is 9.90 Å². The van der Waals surface area contributed by atoms with Gasteiger partial charge < -0.3 is 15.2 Å². The summed E-state index contributed by atoms with van der Waals surface area (Å²) < 4.78 is 6.80. The van der Waals surface area contributed by atoms with Crippen LogP contribution in [0.4, 0.5) is 5.69 Å². The predicted molar refractivity (Wildman–Crippen MR) is 89.5 cm³/mol. The van der Waals surface area contributed by atoms with Crippen molar-refractivity contribution in [2.75, 3.05) is 12.4 Å². The van der Waals surface area contributed by atoms with Gasteiger partial charge in [0.1, 0.15) is 11.5 Å². The third-order valence-electron chi connectivity index (χ3n) is 2.57. The molecule has 0 radical (unpaired) electrons. The maximum absolute atomic E-state index is 12.2. The number of rotatable bonds is 3. The zero-order valence-corrected chi connectivity index (χ0v) is 14.2. The number of nitrogens with one attached hydrogen (secondary N) is 1. The molecule has 0 saturated heterocycles. The quantitative estimate of drug-likeness (QED) is 0.698. The van der Waals surface area contributed by atoms with Crippen LogP contribution in [0.2, 0.25) is 0 Å². The Morgan fingerprint density at radius 3 is 2.75 bits per heavy atom. The maximum Gasteiger partial charge on any atom is 0.259 e. The van der Waals surface area contributed by atoms with Gasteiger partial charge in [-0.25, -0.2) is 0 Å². The molecule has 4 nitrogen and oxygen atoms in total. The molecular formula is C14H11BrINO3. The monoisotopic (exact) mass is 447 g/mol. The first-order valence-corrected chi connectivity index (χ1v) is 7.51. The molecule has 0 unspecified atom stereocenters. The van der Waals surface area contributed by atoms with Gasteiger partial charge in [-0.15, -0.1) is 0 Å². The Kier molecular flexibility index (Phi) is 4.87. The van der Waals surface area contributed by atoms with E-state index in [0.717, 1.165) is 8.04 Å². The number of phenols is 1. The summed E-state index contributed by atoms with van der Waals surface area (Å²) in [7, 11) is 1.55. The number of aromatic hydroxyl groups is 1. The van der Waals surface area contributed by atoms with Crippen LogP contribution in [0.5, 0.6) is 11.5 Å². The zero-order valence-electron chi connectivity index (χ0n) is 10.5. The van der Waals surface area contributed by atoms with Crippen molar-refractivity contribution in [3.63, 3.8) is 0 Å². The Bertz CT molecular complexity index is 661. The third kappa shape index (κ3) is 3.63. The van der Waals surface area contributed by atoms with E-state index in [1.165, 1.54) is 6.07 Å². The van der Waals surface area contributed by atoms with E-state index < -0.39 is 0 Å². The molecule has 2 rings (SSSR count). The molecule has 0 aliphatic rings. The molecule has 0 bridgehead atoms. The third-order valence-corrected chi connectivity index (χ3v) is 3.70. The number of halogens is 2. The van der Waals surface area contributed by atoms with E-state index in [0.29, 0.717) is 11.4 Å². The van der Waals surface area contributed by atoms with E-state index in [2.05, 4.69) is 43.8 Å². The molecule has 0 spiro atoms. The fourth-order valence-electron chi connectivity index (χ4n) is 1.64. The van der Waals surface area contributed by atoms with Crippen molar-refractivity contribution in [1.82, 2.24) is 0 Å². The van der Waals surface area contributed by atoms with Crippen LogP contribution in [0.3, 0.4) is 0 Å². The molecule has 2 aromatic rings. The van der Waals surface area contributed by atoms with Crippen LogP contribution in [-0.4, -0.2) is 18.1 Å². The van der Waals surface area contributed by atoms with Crippen molar-refractivity contribution in [3.8, 4) is 11.5 Å². The van der Waals surface area contributed by atoms with Gasteiger partial charge in [-0.05, 0) is 52.9 Å². The Hall–Kier alpha value is -1.28. The van der Waals surface area contributed by atoms with Gasteiger partial charge in [-0.1, -0.05) is 15.9 Å². The van der Waals surface area contributed by atoms with Crippen molar-refractivity contribution in [1.29, 1.82) is 0 Å². The number of hydrogen-bond acceptors (Lipinski definition) is 3. The molecule has 0 aliphatic carbocycles. The lowest BCUT2D eigenvalue weighted by Crippen LogP contribution is -2.12. The van der Waals surface area contributed by atoms with Gasteiger partial charge >= 0.3 is 0 Å². The fourth-order valence-corrected chi connectivity index (χ4v) is 2.60. The number of carbonyl (C=O) groups excluding carboxylic acids is 1. The molecule has 1 amide bonds. The topological polar surface area (TPSA) is 58.6 Å². The number of methoxy groups -OCH3 is 1. The first-order chi connectivity index (χ1) is 9.49. The Morgan fingerprint density at radius 2 is 2.05 bits per heavy atom. The minimum absolute atomic E-state index is 0.0510. The molecule has 20 heavy (non-hydrogen) atoms. The molecule has 0 aromatic heterocycles. The summed E-state index contributed by atoms with van der Waals surface area (Å²) in [6.45, 7) is 0. The van der Waals surface area contributed by atoms with Gasteiger partial charge in [0.2, 0.25) is 0 Å². The van der Waals surface area contributed by atoms with E-state index in [1.807, 2.05) is 0 Å². The van der Waals surface area contributed by atoms with Crippen molar-refractivity contribution < 1.29 is 14.6 Å². The number of ether oxygens (including phenoxy) is 1. The van der Waals surface area contributed by atoms with Crippen molar-refractivity contribution in [2.45, 2.75) is 0 Å². The van der Waals surface area contributed by atoms with E-state index in [1.54, 1.807) is 37.4 Å². The van der Waals surface area contributed by atoms with E-state index >= 15 is 0 Å². The van der Waals surface area contributed by atoms with Crippen LogP contribution >= 0.6 is 38.5 Å². The highest BCUT2D eigenvalue weighted by Crippen LogP contribution is 2.26. The van der Waals surface area contributed by atoms with Crippen molar-refractivity contribution in [3.05, 3.63) is 50.0 Å². The molecule has 0 aliphatic heterocycles. The average Bonchev–Trinajstić information content (AvgIpc) is 2.40. The van der Waals surface area contributed by atoms with Gasteiger partial charge in [0.05, 0.1) is 12.7 Å². The first kappa shape index (κ1) is 15.1. The second-order valence-corrected chi connectivity index (χ2v) is 6.16. The van der Waals surface area contributed by atoms with Gasteiger partial charge in [-0.3, -0.25) is 4.79 Å². The zero-order chi connectivity index (χ0) is 14.7. The van der Waals surface area contributed by atoms with Gasteiger partial charge in [-0.2, -0.15) is 0 Å². The first-order valence-electron chi connectivity index (χ1n) is 5.64. The summed E-state index contributed by atoms with van der Waals surface area (Å²) in [4.78, 5) is 12.2. The fraction of sp³-hybridized carbons (Fsp3) is 0.0714. The standard InChI is InChI=1S/C14H11BrINO3/c1-20-11-5-8(15)4-10(7-11)17-14(19)12-6-9(16)2-3-13(12)18/h2-7,18H,1H3,(H,17,19). The molecule has 0 atom stereocenters. The summed E-state index contributed by atoms with van der Waals surface area (Å²) in [6.07, 6.45) is 0. The van der Waals surface area contributed by atoms with E-state index in [-0.39, 0.29) is 17.2 Å². The second-order valence-electron chi connectivity index (χ2n) is 4.00. The minimum atomic E-state index is -0.374. The minimum Gasteiger partial charge on any atom is -0.507 e. The smallest absolute Gasteiger partial charge is 0.259 e. The SMILES string of the molecule is COc1cc(Br)cc(NC(=O)c2cc(I)ccc2O)c1. The van der Waals surface area contributed by atoms with Crippen molar-refractivity contribution >= 4 is 50.1 Å². The maximum atomic E-state index is 12.2. The lowest BCUT2D eigenvalue weighted by atomic mass is 10.2. The van der Waals surface area contributed by atoms with Crippen LogP contribution < -0.4 is 10.1 Å². The van der Waals surface area contributed by atoms with Crippen LogP contribution in [0.15, 0.2) is 40.9 Å². The predicted octanol–water partition coefficient (Wildman–Crippen LogP) is 4.02. The summed E-state index contributed by atoms with van der Waals surface area (Å²) in [5.74, 6) is 0.201. The number of anilines is 1. The highest BCUT2D eigenvalue weighted by Gasteiger charge is 2.12. The van der Waals surface area contributed by atoms with Crippen LogP contribution in [0.1, 0.15) is 10.4 Å². The molecule has 0 fully saturated rings. The average molecular weight is 448 g/mol. The van der Waals surface area contributed by atoms with E-state index in [4.69, 9.17) is 4.74 Å². The Balaban J connectivity index is 2.27. The van der Waals surface area contributed by atoms with Crippen molar-refractivity contribution in [2.24, 2.45) is 0 Å². The number of amides is 1. The van der Waals surface area contributed by atoms with Gasteiger partial charge in [0, 0.05) is 19.8 Å². The Labute approximate surface area is 138 Å². The molecule has 6 heteroatoms. The molecule has 2 aromatic carbocycles. The van der Waals surface area contributed by atoms with Crippen LogP contribution in [0.25, 0.3) is 0 Å². The molecule has 0 heterocycles. The summed E-state index contributed by atoms with van der Waals surface area (Å²) in [5.41, 5.74) is 0.815. The normalized spacial score (nSPS) is 10.2.